The highest BCUT2D eigenvalue weighted by atomic mass is 16.4. The molecule has 120 valence electrons. The van der Waals surface area contributed by atoms with Crippen LogP contribution in [0, 0.1) is 0 Å². The van der Waals surface area contributed by atoms with Crippen molar-refractivity contribution in [1.29, 1.82) is 0 Å². The van der Waals surface area contributed by atoms with Crippen molar-refractivity contribution in [3.63, 3.8) is 0 Å². The van der Waals surface area contributed by atoms with E-state index in [0.717, 1.165) is 29.5 Å². The SMILES string of the molecule is CC1=CC=C2C(=CC1)CCN(C(=O)O)C2c1ccc(CN)cc1. The van der Waals surface area contributed by atoms with Gasteiger partial charge in [0, 0.05) is 13.1 Å². The Morgan fingerprint density at radius 1 is 1.30 bits per heavy atom. The Bertz CT molecular complexity index is 699. The Balaban J connectivity index is 2.07. The van der Waals surface area contributed by atoms with Crippen LogP contribution in [0.3, 0.4) is 0 Å². The van der Waals surface area contributed by atoms with Crippen molar-refractivity contribution in [2.24, 2.45) is 5.73 Å². The normalized spacial score (nSPS) is 20.9. The summed E-state index contributed by atoms with van der Waals surface area (Å²) >= 11 is 0. The molecule has 1 unspecified atom stereocenters. The van der Waals surface area contributed by atoms with Gasteiger partial charge in [0.15, 0.2) is 0 Å². The van der Waals surface area contributed by atoms with Gasteiger partial charge in [-0.1, -0.05) is 48.1 Å². The number of hydrogen-bond acceptors (Lipinski definition) is 2. The van der Waals surface area contributed by atoms with Gasteiger partial charge in [0.1, 0.15) is 0 Å². The minimum Gasteiger partial charge on any atom is -0.465 e. The van der Waals surface area contributed by atoms with Crippen molar-refractivity contribution < 1.29 is 9.90 Å². The van der Waals surface area contributed by atoms with Gasteiger partial charge in [0.25, 0.3) is 0 Å². The largest absolute Gasteiger partial charge is 0.465 e. The maximum absolute atomic E-state index is 11.7. The second kappa shape index (κ2) is 6.42. The maximum atomic E-state index is 11.7. The number of likely N-dealkylation sites (tertiary alicyclic amines) is 1. The first-order valence-electron chi connectivity index (χ1n) is 7.95. The molecule has 1 amide bonds. The van der Waals surface area contributed by atoms with Crippen molar-refractivity contribution in [2.45, 2.75) is 32.4 Å². The number of nitrogens with two attached hydrogens (primary N) is 1. The molecule has 4 nitrogen and oxygen atoms in total. The van der Waals surface area contributed by atoms with Crippen LogP contribution in [0.1, 0.15) is 36.9 Å². The van der Waals surface area contributed by atoms with E-state index in [-0.39, 0.29) is 6.04 Å². The molecule has 1 atom stereocenters. The number of allylic oxidation sites excluding steroid dienone is 4. The zero-order valence-electron chi connectivity index (χ0n) is 13.3. The molecule has 1 aliphatic heterocycles. The molecule has 4 heteroatoms. The van der Waals surface area contributed by atoms with Gasteiger partial charge in [-0.05, 0) is 42.0 Å². The number of amides is 1. The first-order chi connectivity index (χ1) is 11.1. The van der Waals surface area contributed by atoms with Gasteiger partial charge in [-0.15, -0.1) is 0 Å². The Labute approximate surface area is 136 Å². The number of carboxylic acid groups (broad SMARTS) is 1. The molecule has 0 spiro atoms. The van der Waals surface area contributed by atoms with Crippen molar-refractivity contribution >= 4 is 6.09 Å². The molecule has 0 saturated carbocycles. The summed E-state index contributed by atoms with van der Waals surface area (Å²) in [5.74, 6) is 0. The van der Waals surface area contributed by atoms with Crippen LogP contribution >= 0.6 is 0 Å². The summed E-state index contributed by atoms with van der Waals surface area (Å²) in [5.41, 5.74) is 11.4. The third-order valence-corrected chi connectivity index (χ3v) is 4.59. The van der Waals surface area contributed by atoms with Crippen LogP contribution in [-0.4, -0.2) is 22.6 Å². The zero-order chi connectivity index (χ0) is 16.4. The minimum absolute atomic E-state index is 0.249. The Kier molecular flexibility index (Phi) is 4.35. The van der Waals surface area contributed by atoms with E-state index in [0.29, 0.717) is 13.1 Å². The van der Waals surface area contributed by atoms with E-state index in [1.165, 1.54) is 16.0 Å². The summed E-state index contributed by atoms with van der Waals surface area (Å²) in [6.07, 6.45) is 7.27. The quantitative estimate of drug-likeness (QED) is 0.873. The van der Waals surface area contributed by atoms with Gasteiger partial charge in [0.2, 0.25) is 0 Å². The maximum Gasteiger partial charge on any atom is 0.408 e. The number of hydrogen-bond donors (Lipinski definition) is 2. The monoisotopic (exact) mass is 310 g/mol. The zero-order valence-corrected chi connectivity index (χ0v) is 13.3. The molecule has 1 fully saturated rings. The number of benzene rings is 1. The molecule has 1 aromatic carbocycles. The third kappa shape index (κ3) is 3.08. The van der Waals surface area contributed by atoms with Crippen LogP contribution in [0.4, 0.5) is 4.79 Å². The molecule has 1 aromatic rings. The average Bonchev–Trinajstić information content (AvgIpc) is 2.76. The lowest BCUT2D eigenvalue weighted by molar-refractivity contribution is 0.128. The summed E-state index contributed by atoms with van der Waals surface area (Å²) in [7, 11) is 0. The number of rotatable bonds is 2. The molecule has 0 aromatic heterocycles. The topological polar surface area (TPSA) is 66.6 Å². The Morgan fingerprint density at radius 3 is 2.70 bits per heavy atom. The van der Waals surface area contributed by atoms with E-state index in [1.807, 2.05) is 24.3 Å². The molecule has 2 aliphatic rings. The first kappa shape index (κ1) is 15.6. The fourth-order valence-electron chi connectivity index (χ4n) is 3.26. The molecule has 3 rings (SSSR count). The molecule has 23 heavy (non-hydrogen) atoms. The van der Waals surface area contributed by atoms with Gasteiger partial charge in [-0.2, -0.15) is 0 Å². The fraction of sp³-hybridized carbons (Fsp3) is 0.316. The van der Waals surface area contributed by atoms with Gasteiger partial charge < -0.3 is 10.8 Å². The molecule has 0 radical (unpaired) electrons. The van der Waals surface area contributed by atoms with E-state index in [2.05, 4.69) is 25.2 Å². The Hall–Kier alpha value is -2.33. The highest BCUT2D eigenvalue weighted by Gasteiger charge is 2.33. The van der Waals surface area contributed by atoms with Crippen molar-refractivity contribution in [3.8, 4) is 0 Å². The number of carbonyl (C=O) groups is 1. The molecule has 1 heterocycles. The summed E-state index contributed by atoms with van der Waals surface area (Å²) in [5, 5.41) is 9.63. The highest BCUT2D eigenvalue weighted by Crippen LogP contribution is 2.40. The van der Waals surface area contributed by atoms with Crippen LogP contribution in [0.15, 0.2) is 59.2 Å². The first-order valence-corrected chi connectivity index (χ1v) is 7.95. The van der Waals surface area contributed by atoms with Crippen LogP contribution in [0.2, 0.25) is 0 Å². The molecule has 3 N–H and O–H groups in total. The Morgan fingerprint density at radius 2 is 2.04 bits per heavy atom. The van der Waals surface area contributed by atoms with E-state index in [1.54, 1.807) is 0 Å². The number of fused-ring (bicyclic) bond motifs is 1. The standard InChI is InChI=1S/C19H22N2O2/c1-13-2-6-15-10-11-21(19(22)23)18(17(15)9-3-13)16-7-4-14(12-20)5-8-16/h3-9,18H,2,10-12,20H2,1H3,(H,22,23). The van der Waals surface area contributed by atoms with Crippen LogP contribution in [-0.2, 0) is 6.54 Å². The van der Waals surface area contributed by atoms with Crippen molar-refractivity contribution in [2.75, 3.05) is 6.54 Å². The summed E-state index contributed by atoms with van der Waals surface area (Å²) in [6, 6.07) is 7.70. The summed E-state index contributed by atoms with van der Waals surface area (Å²) < 4.78 is 0. The number of piperidine rings is 1. The van der Waals surface area contributed by atoms with Crippen LogP contribution in [0.25, 0.3) is 0 Å². The highest BCUT2D eigenvalue weighted by molar-refractivity contribution is 5.68. The van der Waals surface area contributed by atoms with Gasteiger partial charge >= 0.3 is 6.09 Å². The average molecular weight is 310 g/mol. The smallest absolute Gasteiger partial charge is 0.408 e. The third-order valence-electron chi connectivity index (χ3n) is 4.59. The number of nitrogens with zero attached hydrogens (tertiary/aromatic N) is 1. The minimum atomic E-state index is -0.872. The molecular weight excluding hydrogens is 288 g/mol. The predicted octanol–water partition coefficient (Wildman–Crippen LogP) is 3.77. The summed E-state index contributed by atoms with van der Waals surface area (Å²) in [6.45, 7) is 3.12. The van der Waals surface area contributed by atoms with Crippen molar-refractivity contribution in [3.05, 3.63) is 70.3 Å². The lowest BCUT2D eigenvalue weighted by Gasteiger charge is -2.37. The van der Waals surface area contributed by atoms with Gasteiger partial charge in [0.05, 0.1) is 6.04 Å². The lowest BCUT2D eigenvalue weighted by Crippen LogP contribution is -2.39. The molecule has 1 aliphatic carbocycles. The molecular formula is C19H22N2O2. The second-order valence-electron chi connectivity index (χ2n) is 6.14. The van der Waals surface area contributed by atoms with E-state index < -0.39 is 6.09 Å². The summed E-state index contributed by atoms with van der Waals surface area (Å²) in [4.78, 5) is 13.3. The molecule has 1 saturated heterocycles. The lowest BCUT2D eigenvalue weighted by atomic mass is 9.85. The van der Waals surface area contributed by atoms with E-state index in [9.17, 15) is 9.90 Å². The predicted molar refractivity (Wildman–Crippen MR) is 91.0 cm³/mol. The van der Waals surface area contributed by atoms with Crippen LogP contribution < -0.4 is 5.73 Å². The van der Waals surface area contributed by atoms with Gasteiger partial charge in [-0.3, -0.25) is 4.90 Å². The van der Waals surface area contributed by atoms with Gasteiger partial charge in [-0.25, -0.2) is 4.79 Å². The fourth-order valence-corrected chi connectivity index (χ4v) is 3.26. The van der Waals surface area contributed by atoms with E-state index >= 15 is 0 Å². The van der Waals surface area contributed by atoms with Crippen molar-refractivity contribution in [1.82, 2.24) is 4.90 Å². The second-order valence-corrected chi connectivity index (χ2v) is 6.14. The van der Waals surface area contributed by atoms with Crippen LogP contribution in [0.5, 0.6) is 0 Å². The molecule has 0 bridgehead atoms. The van der Waals surface area contributed by atoms with E-state index in [4.69, 9.17) is 5.73 Å².